The van der Waals surface area contributed by atoms with Crippen molar-refractivity contribution in [3.63, 3.8) is 0 Å². The molecular weight excluding hydrogens is 250 g/mol. The molecular formula is C15H21N5. The summed E-state index contributed by atoms with van der Waals surface area (Å²) in [5.41, 5.74) is 2.13. The topological polar surface area (TPSA) is 53.9 Å². The van der Waals surface area contributed by atoms with E-state index >= 15 is 0 Å². The smallest absolute Gasteiger partial charge is 0.151 e. The maximum absolute atomic E-state index is 4.27. The van der Waals surface area contributed by atoms with E-state index in [-0.39, 0.29) is 0 Å². The predicted molar refractivity (Wildman–Crippen MR) is 80.4 cm³/mol. The SMILES string of the molecule is CCCNCc1ccc(N(C)Cc2cccnc2)nn1. The number of nitrogens with one attached hydrogen (secondary N) is 1. The first-order valence-corrected chi connectivity index (χ1v) is 6.93. The first-order chi connectivity index (χ1) is 9.79. The summed E-state index contributed by atoms with van der Waals surface area (Å²) in [5, 5.41) is 11.8. The van der Waals surface area contributed by atoms with E-state index in [1.807, 2.05) is 31.4 Å². The molecule has 1 N–H and O–H groups in total. The van der Waals surface area contributed by atoms with Gasteiger partial charge in [0.15, 0.2) is 5.82 Å². The van der Waals surface area contributed by atoms with Gasteiger partial charge in [0, 0.05) is 32.5 Å². The van der Waals surface area contributed by atoms with Gasteiger partial charge in [-0.1, -0.05) is 13.0 Å². The summed E-state index contributed by atoms with van der Waals surface area (Å²) in [6, 6.07) is 8.02. The molecule has 0 unspecified atom stereocenters. The Labute approximate surface area is 120 Å². The summed E-state index contributed by atoms with van der Waals surface area (Å²) in [5.74, 6) is 0.869. The minimum atomic E-state index is 0.771. The fourth-order valence-corrected chi connectivity index (χ4v) is 1.89. The summed E-state index contributed by atoms with van der Waals surface area (Å²) in [4.78, 5) is 6.18. The first-order valence-electron chi connectivity index (χ1n) is 6.93. The summed E-state index contributed by atoms with van der Waals surface area (Å²) < 4.78 is 0. The molecule has 0 aliphatic carbocycles. The zero-order valence-corrected chi connectivity index (χ0v) is 12.1. The normalized spacial score (nSPS) is 10.5. The molecule has 0 saturated carbocycles. The van der Waals surface area contributed by atoms with Crippen LogP contribution in [-0.4, -0.2) is 28.8 Å². The van der Waals surface area contributed by atoms with E-state index in [1.165, 1.54) is 0 Å². The number of aromatic nitrogens is 3. The summed E-state index contributed by atoms with van der Waals surface area (Å²) in [6.45, 7) is 4.70. The Morgan fingerprint density at radius 2 is 2.10 bits per heavy atom. The standard InChI is InChI=1S/C15H21N5/c1-3-8-16-11-14-6-7-15(19-18-14)20(2)12-13-5-4-9-17-10-13/h4-7,9-10,16H,3,8,11-12H2,1-2H3. The van der Waals surface area contributed by atoms with Gasteiger partial charge in [-0.3, -0.25) is 4.98 Å². The van der Waals surface area contributed by atoms with Crippen molar-refractivity contribution in [3.8, 4) is 0 Å². The van der Waals surface area contributed by atoms with Crippen molar-refractivity contribution in [2.75, 3.05) is 18.5 Å². The maximum atomic E-state index is 4.27. The average molecular weight is 271 g/mol. The number of anilines is 1. The van der Waals surface area contributed by atoms with Crippen LogP contribution >= 0.6 is 0 Å². The van der Waals surface area contributed by atoms with Crippen molar-refractivity contribution < 1.29 is 0 Å². The largest absolute Gasteiger partial charge is 0.354 e. The van der Waals surface area contributed by atoms with Crippen LogP contribution < -0.4 is 10.2 Å². The van der Waals surface area contributed by atoms with Crippen molar-refractivity contribution in [2.45, 2.75) is 26.4 Å². The van der Waals surface area contributed by atoms with Crippen LogP contribution in [0.4, 0.5) is 5.82 Å². The third-order valence-corrected chi connectivity index (χ3v) is 2.97. The minimum Gasteiger partial charge on any atom is -0.354 e. The number of hydrogen-bond donors (Lipinski definition) is 1. The molecule has 0 aliphatic heterocycles. The fraction of sp³-hybridized carbons (Fsp3) is 0.400. The van der Waals surface area contributed by atoms with E-state index in [2.05, 4.69) is 38.4 Å². The fourth-order valence-electron chi connectivity index (χ4n) is 1.89. The molecule has 0 aliphatic rings. The van der Waals surface area contributed by atoms with Gasteiger partial charge in [0.25, 0.3) is 0 Å². The molecule has 106 valence electrons. The molecule has 0 amide bonds. The summed E-state index contributed by atoms with van der Waals surface area (Å²) >= 11 is 0. The highest BCUT2D eigenvalue weighted by Gasteiger charge is 2.04. The highest BCUT2D eigenvalue weighted by Crippen LogP contribution is 2.11. The Bertz CT molecular complexity index is 497. The summed E-state index contributed by atoms with van der Waals surface area (Å²) in [6.07, 6.45) is 4.77. The zero-order chi connectivity index (χ0) is 14.2. The van der Waals surface area contributed by atoms with Crippen LogP contribution in [0, 0.1) is 0 Å². The van der Waals surface area contributed by atoms with E-state index in [1.54, 1.807) is 6.20 Å². The molecule has 0 radical (unpaired) electrons. The molecule has 0 fully saturated rings. The number of hydrogen-bond acceptors (Lipinski definition) is 5. The van der Waals surface area contributed by atoms with Gasteiger partial charge in [-0.25, -0.2) is 0 Å². The number of nitrogens with zero attached hydrogens (tertiary/aromatic N) is 4. The lowest BCUT2D eigenvalue weighted by atomic mass is 10.2. The third kappa shape index (κ3) is 4.28. The van der Waals surface area contributed by atoms with E-state index < -0.39 is 0 Å². The Kier molecular flexibility index (Phi) is 5.43. The Morgan fingerprint density at radius 3 is 2.75 bits per heavy atom. The van der Waals surface area contributed by atoms with Gasteiger partial charge < -0.3 is 10.2 Å². The van der Waals surface area contributed by atoms with Crippen LogP contribution in [0.15, 0.2) is 36.7 Å². The monoisotopic (exact) mass is 271 g/mol. The molecule has 0 atom stereocenters. The third-order valence-electron chi connectivity index (χ3n) is 2.97. The van der Waals surface area contributed by atoms with Crippen molar-refractivity contribution in [3.05, 3.63) is 47.9 Å². The quantitative estimate of drug-likeness (QED) is 0.781. The molecule has 2 rings (SSSR count). The summed E-state index contributed by atoms with van der Waals surface area (Å²) in [7, 11) is 2.01. The van der Waals surface area contributed by atoms with E-state index in [0.29, 0.717) is 0 Å². The molecule has 0 spiro atoms. The second kappa shape index (κ2) is 7.55. The van der Waals surface area contributed by atoms with Crippen LogP contribution in [0.1, 0.15) is 24.6 Å². The second-order valence-electron chi connectivity index (χ2n) is 4.78. The molecule has 0 aromatic carbocycles. The van der Waals surface area contributed by atoms with Crippen LogP contribution in [-0.2, 0) is 13.1 Å². The molecule has 0 bridgehead atoms. The van der Waals surface area contributed by atoms with E-state index in [4.69, 9.17) is 0 Å². The Hall–Kier alpha value is -2.01. The maximum Gasteiger partial charge on any atom is 0.151 e. The Morgan fingerprint density at radius 1 is 1.20 bits per heavy atom. The second-order valence-corrected chi connectivity index (χ2v) is 4.78. The lowest BCUT2D eigenvalue weighted by molar-refractivity contribution is 0.656. The van der Waals surface area contributed by atoms with Gasteiger partial charge >= 0.3 is 0 Å². The average Bonchev–Trinajstić information content (AvgIpc) is 2.49. The highest BCUT2D eigenvalue weighted by atomic mass is 15.2. The van der Waals surface area contributed by atoms with Gasteiger partial charge in [0.05, 0.1) is 5.69 Å². The van der Waals surface area contributed by atoms with E-state index in [0.717, 1.165) is 43.1 Å². The van der Waals surface area contributed by atoms with Crippen molar-refractivity contribution in [1.29, 1.82) is 0 Å². The molecule has 5 heteroatoms. The molecule has 2 aromatic rings. The molecule has 5 nitrogen and oxygen atoms in total. The van der Waals surface area contributed by atoms with Crippen LogP contribution in [0.3, 0.4) is 0 Å². The number of pyridine rings is 1. The highest BCUT2D eigenvalue weighted by molar-refractivity contribution is 5.37. The van der Waals surface area contributed by atoms with E-state index in [9.17, 15) is 0 Å². The van der Waals surface area contributed by atoms with Crippen LogP contribution in [0.25, 0.3) is 0 Å². The van der Waals surface area contributed by atoms with Crippen LogP contribution in [0.2, 0.25) is 0 Å². The lowest BCUT2D eigenvalue weighted by Crippen LogP contribution is -2.19. The molecule has 20 heavy (non-hydrogen) atoms. The van der Waals surface area contributed by atoms with Gasteiger partial charge in [-0.2, -0.15) is 5.10 Å². The predicted octanol–water partition coefficient (Wildman–Crippen LogP) is 2.01. The lowest BCUT2D eigenvalue weighted by Gasteiger charge is -2.17. The van der Waals surface area contributed by atoms with Gasteiger partial charge in [-0.05, 0) is 36.7 Å². The van der Waals surface area contributed by atoms with Gasteiger partial charge in [-0.15, -0.1) is 5.10 Å². The van der Waals surface area contributed by atoms with Crippen molar-refractivity contribution in [1.82, 2.24) is 20.5 Å². The van der Waals surface area contributed by atoms with Crippen LogP contribution in [0.5, 0.6) is 0 Å². The zero-order valence-electron chi connectivity index (χ0n) is 12.1. The molecule has 2 heterocycles. The Balaban J connectivity index is 1.92. The van der Waals surface area contributed by atoms with Crippen molar-refractivity contribution in [2.24, 2.45) is 0 Å². The van der Waals surface area contributed by atoms with Gasteiger partial charge in [0.1, 0.15) is 0 Å². The molecule has 2 aromatic heterocycles. The number of rotatable bonds is 7. The first kappa shape index (κ1) is 14.4. The minimum absolute atomic E-state index is 0.771. The van der Waals surface area contributed by atoms with Crippen molar-refractivity contribution >= 4 is 5.82 Å². The molecule has 0 saturated heterocycles. The van der Waals surface area contributed by atoms with Gasteiger partial charge in [0.2, 0.25) is 0 Å².